The van der Waals surface area contributed by atoms with Gasteiger partial charge in [0.15, 0.2) is 21.3 Å². The molecule has 0 aliphatic carbocycles. The lowest BCUT2D eigenvalue weighted by Crippen LogP contribution is -2.35. The van der Waals surface area contributed by atoms with Gasteiger partial charge >= 0.3 is 0 Å². The third kappa shape index (κ3) is 4.64. The molecule has 25 heavy (non-hydrogen) atoms. The van der Waals surface area contributed by atoms with Gasteiger partial charge in [0.1, 0.15) is 0 Å². The normalized spacial score (nSPS) is 18.3. The van der Waals surface area contributed by atoms with Crippen LogP contribution in [0.3, 0.4) is 0 Å². The van der Waals surface area contributed by atoms with E-state index in [1.807, 2.05) is 0 Å². The summed E-state index contributed by atoms with van der Waals surface area (Å²) in [5.74, 6) is 0.699. The highest BCUT2D eigenvalue weighted by Crippen LogP contribution is 2.32. The summed E-state index contributed by atoms with van der Waals surface area (Å²) in [7, 11) is -3.55. The molecule has 1 amide bonds. The quantitative estimate of drug-likeness (QED) is 0.848. The molecule has 0 saturated carbocycles. The van der Waals surface area contributed by atoms with Gasteiger partial charge in [-0.3, -0.25) is 4.79 Å². The average Bonchev–Trinajstić information content (AvgIpc) is 3.01. The molecule has 1 saturated heterocycles. The van der Waals surface area contributed by atoms with Gasteiger partial charge in [0.2, 0.25) is 5.91 Å². The Morgan fingerprint density at radius 1 is 1.08 bits per heavy atom. The second-order valence-electron chi connectivity index (χ2n) is 6.21. The Morgan fingerprint density at radius 2 is 1.88 bits per heavy atom. The Bertz CT molecular complexity index is 712. The Kier molecular flexibility index (Phi) is 5.80. The number of benzene rings is 1. The summed E-state index contributed by atoms with van der Waals surface area (Å²) in [5.41, 5.74) is 0. The number of nitrogens with zero attached hydrogens (tertiary/aromatic N) is 1. The van der Waals surface area contributed by atoms with Crippen LogP contribution in [0.1, 0.15) is 19.3 Å². The van der Waals surface area contributed by atoms with E-state index in [0.717, 1.165) is 25.9 Å². The van der Waals surface area contributed by atoms with E-state index in [1.165, 1.54) is 12.1 Å². The van der Waals surface area contributed by atoms with Crippen LogP contribution in [0.2, 0.25) is 0 Å². The molecule has 1 N–H and O–H groups in total. The molecule has 1 aromatic carbocycles. The summed E-state index contributed by atoms with van der Waals surface area (Å²) >= 11 is 0. The van der Waals surface area contributed by atoms with E-state index in [2.05, 4.69) is 5.32 Å². The minimum Gasteiger partial charge on any atom is -0.490 e. The monoisotopic (exact) mass is 368 g/mol. The summed E-state index contributed by atoms with van der Waals surface area (Å²) < 4.78 is 36.2. The maximum absolute atomic E-state index is 12.6. The average molecular weight is 368 g/mol. The van der Waals surface area contributed by atoms with E-state index in [9.17, 15) is 13.2 Å². The molecule has 2 heterocycles. The van der Waals surface area contributed by atoms with E-state index >= 15 is 0 Å². The minimum absolute atomic E-state index is 0.00320. The zero-order valence-corrected chi connectivity index (χ0v) is 15.0. The topological polar surface area (TPSA) is 84.9 Å². The van der Waals surface area contributed by atoms with Crippen LogP contribution in [0.25, 0.3) is 0 Å². The summed E-state index contributed by atoms with van der Waals surface area (Å²) in [6, 6.07) is 4.63. The van der Waals surface area contributed by atoms with E-state index < -0.39 is 9.84 Å². The largest absolute Gasteiger partial charge is 0.490 e. The van der Waals surface area contributed by atoms with Crippen LogP contribution in [0.5, 0.6) is 11.5 Å². The Morgan fingerprint density at radius 3 is 2.72 bits per heavy atom. The third-order valence-corrected chi connectivity index (χ3v) is 6.07. The summed E-state index contributed by atoms with van der Waals surface area (Å²) in [4.78, 5) is 14.2. The van der Waals surface area contributed by atoms with Crippen LogP contribution in [0.4, 0.5) is 0 Å². The number of hydrogen-bond acceptors (Lipinski definition) is 6. The van der Waals surface area contributed by atoms with Gasteiger partial charge in [-0.15, -0.1) is 0 Å². The number of fused-ring (bicyclic) bond motifs is 1. The highest BCUT2D eigenvalue weighted by atomic mass is 32.2. The van der Waals surface area contributed by atoms with Crippen LogP contribution in [0, 0.1) is 0 Å². The van der Waals surface area contributed by atoms with Crippen molar-refractivity contribution in [2.45, 2.75) is 24.2 Å². The lowest BCUT2D eigenvalue weighted by molar-refractivity contribution is -0.130. The fourth-order valence-corrected chi connectivity index (χ4v) is 4.17. The molecule has 0 bridgehead atoms. The second kappa shape index (κ2) is 8.05. The first kappa shape index (κ1) is 18.0. The molecule has 0 aromatic heterocycles. The molecule has 0 unspecified atom stereocenters. The van der Waals surface area contributed by atoms with Crippen molar-refractivity contribution in [1.29, 1.82) is 0 Å². The highest BCUT2D eigenvalue weighted by molar-refractivity contribution is 7.91. The number of amides is 1. The Hall–Kier alpha value is -1.80. The lowest BCUT2D eigenvalue weighted by Gasteiger charge is -2.19. The van der Waals surface area contributed by atoms with E-state index in [4.69, 9.17) is 9.47 Å². The van der Waals surface area contributed by atoms with Gasteiger partial charge in [0, 0.05) is 38.5 Å². The van der Waals surface area contributed by atoms with Crippen LogP contribution in [-0.4, -0.2) is 64.4 Å². The lowest BCUT2D eigenvalue weighted by atomic mass is 10.3. The summed E-state index contributed by atoms with van der Waals surface area (Å²) in [6.45, 7) is 4.00. The first-order valence-electron chi connectivity index (χ1n) is 8.67. The smallest absolute Gasteiger partial charge is 0.223 e. The van der Waals surface area contributed by atoms with Gasteiger partial charge in [0.25, 0.3) is 0 Å². The van der Waals surface area contributed by atoms with Crippen molar-refractivity contribution in [3.8, 4) is 11.5 Å². The van der Waals surface area contributed by atoms with Crippen molar-refractivity contribution in [2.75, 3.05) is 45.1 Å². The fourth-order valence-electron chi connectivity index (χ4n) is 2.93. The molecule has 8 heteroatoms. The number of carbonyl (C=O) groups is 1. The molecule has 0 atom stereocenters. The highest BCUT2D eigenvalue weighted by Gasteiger charge is 2.22. The van der Waals surface area contributed by atoms with Gasteiger partial charge in [-0.1, -0.05) is 0 Å². The van der Waals surface area contributed by atoms with Crippen molar-refractivity contribution in [2.24, 2.45) is 0 Å². The number of hydrogen-bond donors (Lipinski definition) is 1. The Labute approximate surface area is 148 Å². The third-order valence-electron chi connectivity index (χ3n) is 4.36. The van der Waals surface area contributed by atoms with Gasteiger partial charge in [-0.05, 0) is 25.1 Å². The first-order valence-corrected chi connectivity index (χ1v) is 10.3. The van der Waals surface area contributed by atoms with Gasteiger partial charge in [0.05, 0.1) is 23.9 Å². The molecule has 7 nitrogen and oxygen atoms in total. The van der Waals surface area contributed by atoms with Crippen molar-refractivity contribution in [1.82, 2.24) is 10.2 Å². The number of sulfone groups is 1. The maximum atomic E-state index is 12.6. The van der Waals surface area contributed by atoms with Crippen molar-refractivity contribution < 1.29 is 22.7 Å². The summed E-state index contributed by atoms with van der Waals surface area (Å²) in [6.07, 6.45) is 1.65. The number of rotatable bonds is 4. The molecule has 3 rings (SSSR count). The standard InChI is InChI=1S/C17H24N2O5S/c20-17(19-8-1-6-18-7-9-19)5-12-25(21,22)14-3-4-15-16(13-14)24-11-2-10-23-15/h3-4,13,18H,1-2,5-12H2. The fraction of sp³-hybridized carbons (Fsp3) is 0.588. The molecule has 1 fully saturated rings. The zero-order chi connectivity index (χ0) is 17.7. The van der Waals surface area contributed by atoms with Crippen molar-refractivity contribution >= 4 is 15.7 Å². The van der Waals surface area contributed by atoms with E-state index in [0.29, 0.717) is 37.8 Å². The van der Waals surface area contributed by atoms with Gasteiger partial charge in [-0.25, -0.2) is 8.42 Å². The molecule has 2 aliphatic heterocycles. The van der Waals surface area contributed by atoms with Crippen LogP contribution >= 0.6 is 0 Å². The predicted molar refractivity (Wildman–Crippen MR) is 92.8 cm³/mol. The number of ether oxygens (including phenoxy) is 2. The number of nitrogens with one attached hydrogen (secondary N) is 1. The SMILES string of the molecule is O=C(CCS(=O)(=O)c1ccc2c(c1)OCCCO2)N1CCCNCC1. The minimum atomic E-state index is -3.55. The predicted octanol–water partition coefficient (Wildman–Crippen LogP) is 0.834. The van der Waals surface area contributed by atoms with Gasteiger partial charge in [-0.2, -0.15) is 0 Å². The van der Waals surface area contributed by atoms with Crippen LogP contribution < -0.4 is 14.8 Å². The van der Waals surface area contributed by atoms with Crippen LogP contribution in [-0.2, 0) is 14.6 Å². The van der Waals surface area contributed by atoms with E-state index in [-0.39, 0.29) is 23.0 Å². The van der Waals surface area contributed by atoms with Crippen molar-refractivity contribution in [3.05, 3.63) is 18.2 Å². The molecule has 1 aromatic rings. The molecular weight excluding hydrogens is 344 g/mol. The molecule has 0 spiro atoms. The molecule has 0 radical (unpaired) electrons. The second-order valence-corrected chi connectivity index (χ2v) is 8.32. The Balaban J connectivity index is 1.65. The van der Waals surface area contributed by atoms with Crippen molar-refractivity contribution in [3.63, 3.8) is 0 Å². The maximum Gasteiger partial charge on any atom is 0.223 e. The van der Waals surface area contributed by atoms with Gasteiger partial charge < -0.3 is 19.7 Å². The first-order chi connectivity index (χ1) is 12.1. The summed E-state index contributed by atoms with van der Waals surface area (Å²) in [5, 5.41) is 3.23. The van der Waals surface area contributed by atoms with E-state index in [1.54, 1.807) is 11.0 Å². The zero-order valence-electron chi connectivity index (χ0n) is 14.2. The molecule has 2 aliphatic rings. The number of carbonyl (C=O) groups excluding carboxylic acids is 1. The molecular formula is C17H24N2O5S. The van der Waals surface area contributed by atoms with Crippen LogP contribution in [0.15, 0.2) is 23.1 Å². The molecule has 138 valence electrons.